The second kappa shape index (κ2) is 8.34. The molecule has 152 valence electrons. The minimum atomic E-state index is -5.51. The van der Waals surface area contributed by atoms with E-state index in [-0.39, 0.29) is 0 Å². The summed E-state index contributed by atoms with van der Waals surface area (Å²) in [6, 6.07) is 7.47. The fourth-order valence-corrected chi connectivity index (χ4v) is 3.56. The Labute approximate surface area is 198 Å². The molecule has 0 aliphatic heterocycles. The van der Waals surface area contributed by atoms with E-state index < -0.39 is 99.6 Å². The van der Waals surface area contributed by atoms with Gasteiger partial charge in [-0.25, -0.2) is 0 Å². The standard InChI is InChI=1S/C24H27O4P/c1-16-7-10-22(19(4)13-16)26-29(25,27-23-11-8-17(2)14-20(23)5)28-24-12-9-18(3)15-21(24)6/h7-15H,1-6H3/i1D3,2D3,3D3,4D3,5D3,6D3. The van der Waals surface area contributed by atoms with Crippen LogP contribution in [0.25, 0.3) is 0 Å². The maximum atomic E-state index is 14.5. The van der Waals surface area contributed by atoms with Crippen LogP contribution in [0.4, 0.5) is 0 Å². The van der Waals surface area contributed by atoms with Gasteiger partial charge < -0.3 is 13.6 Å². The summed E-state index contributed by atoms with van der Waals surface area (Å²) in [7, 11) is -5.51. The molecule has 0 amide bonds. The lowest BCUT2D eigenvalue weighted by molar-refractivity contribution is 0.296. The van der Waals surface area contributed by atoms with Crippen LogP contribution in [-0.2, 0) is 4.57 Å². The van der Waals surface area contributed by atoms with Crippen LogP contribution in [0.3, 0.4) is 0 Å². The average molecular weight is 429 g/mol. The highest BCUT2D eigenvalue weighted by molar-refractivity contribution is 7.49. The van der Waals surface area contributed by atoms with Crippen molar-refractivity contribution >= 4 is 7.82 Å². The second-order valence-electron chi connectivity index (χ2n) is 5.85. The number of hydrogen-bond donors (Lipinski definition) is 0. The SMILES string of the molecule is [2H]C([2H])([2H])c1ccc(OP(=O)(Oc2ccc(C([2H])([2H])[2H])cc2C([2H])([2H])[2H])Oc2ccc(C([2H])([2H])[2H])cc2C([2H])([2H])[2H])c(C([2H])([2H])[2H])c1. The molecule has 0 unspecified atom stereocenters. The summed E-state index contributed by atoms with van der Waals surface area (Å²) in [6.45, 7) is -17.7. The van der Waals surface area contributed by atoms with E-state index in [1.807, 2.05) is 0 Å². The fraction of sp³-hybridized carbons (Fsp3) is 0.250. The molecular weight excluding hydrogens is 383 g/mol. The Morgan fingerprint density at radius 2 is 0.931 bits per heavy atom. The monoisotopic (exact) mass is 428 g/mol. The zero-order valence-electron chi connectivity index (χ0n) is 32.8. The van der Waals surface area contributed by atoms with Crippen LogP contribution in [0, 0.1) is 41.1 Å². The first kappa shape index (κ1) is 7.85. The molecule has 0 aromatic heterocycles. The minimum absolute atomic E-state index is 0.442. The van der Waals surface area contributed by atoms with Crippen molar-refractivity contribution in [3.8, 4) is 17.2 Å². The smallest absolute Gasteiger partial charge is 0.386 e. The van der Waals surface area contributed by atoms with Crippen LogP contribution in [0.15, 0.2) is 54.6 Å². The first-order valence-corrected chi connectivity index (χ1v) is 9.52. The third-order valence-electron chi connectivity index (χ3n) is 3.57. The van der Waals surface area contributed by atoms with Crippen molar-refractivity contribution in [3.63, 3.8) is 0 Å². The summed E-state index contributed by atoms with van der Waals surface area (Å²) >= 11 is 0. The van der Waals surface area contributed by atoms with Crippen molar-refractivity contribution in [2.75, 3.05) is 0 Å². The quantitative estimate of drug-likeness (QED) is 0.390. The number of hydrogen-bond acceptors (Lipinski definition) is 4. The minimum Gasteiger partial charge on any atom is -0.386 e. The van der Waals surface area contributed by atoms with Crippen molar-refractivity contribution in [2.24, 2.45) is 0 Å². The van der Waals surface area contributed by atoms with Crippen LogP contribution in [0.1, 0.15) is 58.1 Å². The normalized spacial score (nSPS) is 23.0. The number of rotatable bonds is 6. The maximum Gasteiger partial charge on any atom is 0.647 e. The lowest BCUT2D eigenvalue weighted by Gasteiger charge is -2.22. The van der Waals surface area contributed by atoms with Crippen LogP contribution in [0.2, 0.25) is 0 Å². The summed E-state index contributed by atoms with van der Waals surface area (Å²) in [5, 5.41) is 0. The predicted molar refractivity (Wildman–Crippen MR) is 117 cm³/mol. The molecule has 0 radical (unpaired) electrons. The molecular formula is C24H27O4P. The highest BCUT2D eigenvalue weighted by Gasteiger charge is 2.34. The van der Waals surface area contributed by atoms with Crippen molar-refractivity contribution in [3.05, 3.63) is 88.0 Å². The Hall–Kier alpha value is -2.71. The summed E-state index contributed by atoms with van der Waals surface area (Å²) in [5.41, 5.74) is -3.70. The van der Waals surface area contributed by atoms with E-state index in [4.69, 9.17) is 38.2 Å². The van der Waals surface area contributed by atoms with Gasteiger partial charge in [0.2, 0.25) is 0 Å². The van der Waals surface area contributed by atoms with Gasteiger partial charge in [-0.05, 0) is 76.0 Å². The fourth-order valence-electron chi connectivity index (χ4n) is 2.25. The molecule has 0 heterocycles. The first-order valence-electron chi connectivity index (χ1n) is 17.1. The van der Waals surface area contributed by atoms with Crippen molar-refractivity contribution in [2.45, 2.75) is 41.1 Å². The van der Waals surface area contributed by atoms with E-state index in [1.54, 1.807) is 0 Å². The van der Waals surface area contributed by atoms with Gasteiger partial charge in [0.1, 0.15) is 17.2 Å². The Morgan fingerprint density at radius 3 is 1.21 bits per heavy atom. The molecule has 3 rings (SSSR count). The molecule has 5 heteroatoms. The van der Waals surface area contributed by atoms with E-state index in [1.165, 1.54) is 0 Å². The van der Waals surface area contributed by atoms with Gasteiger partial charge in [-0.1, -0.05) is 53.1 Å². The molecule has 4 nitrogen and oxygen atoms in total. The summed E-state index contributed by atoms with van der Waals surface area (Å²) in [4.78, 5) is 0. The third kappa shape index (κ3) is 5.21. The highest BCUT2D eigenvalue weighted by Crippen LogP contribution is 2.51. The summed E-state index contributed by atoms with van der Waals surface area (Å²) in [6.07, 6.45) is 0. The van der Waals surface area contributed by atoms with Crippen LogP contribution < -0.4 is 13.6 Å². The van der Waals surface area contributed by atoms with E-state index in [9.17, 15) is 4.57 Å². The van der Waals surface area contributed by atoms with Crippen molar-refractivity contribution in [1.29, 1.82) is 0 Å². The topological polar surface area (TPSA) is 44.8 Å². The van der Waals surface area contributed by atoms with Gasteiger partial charge in [0.25, 0.3) is 0 Å². The van der Waals surface area contributed by atoms with Gasteiger partial charge in [0, 0.05) is 24.7 Å². The molecule has 0 bridgehead atoms. The van der Waals surface area contributed by atoms with Gasteiger partial charge in [-0.3, -0.25) is 0 Å². The Bertz CT molecular complexity index is 1470. The molecule has 0 N–H and O–H groups in total. The molecule has 0 spiro atoms. The third-order valence-corrected chi connectivity index (χ3v) is 4.83. The van der Waals surface area contributed by atoms with Gasteiger partial charge in [-0.15, -0.1) is 0 Å². The molecule has 0 atom stereocenters. The second-order valence-corrected chi connectivity index (χ2v) is 7.30. The number of benzene rings is 3. The Kier molecular flexibility index (Phi) is 2.26. The van der Waals surface area contributed by atoms with Gasteiger partial charge >= 0.3 is 7.82 Å². The lowest BCUT2D eigenvalue weighted by Crippen LogP contribution is -2.09. The van der Waals surface area contributed by atoms with Crippen molar-refractivity contribution in [1.82, 2.24) is 0 Å². The molecule has 0 aliphatic carbocycles. The Balaban J connectivity index is 2.32. The van der Waals surface area contributed by atoms with E-state index in [2.05, 4.69) is 0 Å². The van der Waals surface area contributed by atoms with Crippen LogP contribution in [0.5, 0.6) is 17.2 Å². The Morgan fingerprint density at radius 1 is 0.586 bits per heavy atom. The number of aryl methyl sites for hydroxylation is 6. The van der Waals surface area contributed by atoms with E-state index >= 15 is 0 Å². The van der Waals surface area contributed by atoms with Crippen LogP contribution in [-0.4, -0.2) is 0 Å². The molecule has 0 saturated heterocycles. The zero-order valence-corrected chi connectivity index (χ0v) is 15.7. The largest absolute Gasteiger partial charge is 0.647 e. The van der Waals surface area contributed by atoms with Crippen LogP contribution >= 0.6 is 7.82 Å². The summed E-state index contributed by atoms with van der Waals surface area (Å²) in [5.74, 6) is -2.36. The van der Waals surface area contributed by atoms with E-state index in [0.29, 0.717) is 0 Å². The molecule has 0 saturated carbocycles. The lowest BCUT2D eigenvalue weighted by atomic mass is 10.1. The van der Waals surface area contributed by atoms with Gasteiger partial charge in [0.05, 0.1) is 0 Å². The molecule has 3 aromatic carbocycles. The predicted octanol–water partition coefficient (Wildman–Crippen LogP) is 7.18. The zero-order chi connectivity index (χ0) is 36.2. The molecule has 0 fully saturated rings. The maximum absolute atomic E-state index is 14.5. The van der Waals surface area contributed by atoms with Gasteiger partial charge in [-0.2, -0.15) is 4.57 Å². The summed E-state index contributed by atoms with van der Waals surface area (Å²) < 4.78 is 171. The van der Waals surface area contributed by atoms with Crippen molar-refractivity contribution < 1.29 is 42.8 Å². The first-order chi connectivity index (χ1) is 20.9. The van der Waals surface area contributed by atoms with Gasteiger partial charge in [0.15, 0.2) is 0 Å². The highest BCUT2D eigenvalue weighted by atomic mass is 31.2. The molecule has 3 aromatic rings. The number of phosphoric acid groups is 1. The molecule has 0 aliphatic rings. The van der Waals surface area contributed by atoms with E-state index in [0.717, 1.165) is 54.6 Å². The number of phosphoric ester groups is 1. The average Bonchev–Trinajstić information content (AvgIpc) is 2.85. The molecule has 29 heavy (non-hydrogen) atoms.